The number of carbonyl (C=O) groups excluding carboxylic acids is 1. The van der Waals surface area contributed by atoms with Crippen LogP contribution in [0.2, 0.25) is 0 Å². The van der Waals surface area contributed by atoms with E-state index in [0.29, 0.717) is 31.8 Å². The van der Waals surface area contributed by atoms with Gasteiger partial charge in [0.2, 0.25) is 15.9 Å². The highest BCUT2D eigenvalue weighted by Crippen LogP contribution is 1.90. The molecule has 0 radical (unpaired) electrons. The highest BCUT2D eigenvalue weighted by Gasteiger charge is 2.09. The quantitative estimate of drug-likeness (QED) is 0.442. The van der Waals surface area contributed by atoms with Crippen molar-refractivity contribution in [3.05, 3.63) is 12.2 Å². The summed E-state index contributed by atoms with van der Waals surface area (Å²) in [5.74, 6) is -0.167. The van der Waals surface area contributed by atoms with Gasteiger partial charge in [-0.25, -0.2) is 12.7 Å². The molecule has 0 aromatic heterocycles. The van der Waals surface area contributed by atoms with Crippen LogP contribution in [0.4, 0.5) is 0 Å². The van der Waals surface area contributed by atoms with E-state index in [1.165, 1.54) is 17.6 Å². The second-order valence-electron chi connectivity index (χ2n) is 3.87. The predicted octanol–water partition coefficient (Wildman–Crippen LogP) is -0.840. The Hall–Kier alpha value is -0.920. The van der Waals surface area contributed by atoms with E-state index in [4.69, 9.17) is 0 Å². The molecule has 7 heteroatoms. The van der Waals surface area contributed by atoms with Crippen molar-refractivity contribution in [1.29, 1.82) is 0 Å². The van der Waals surface area contributed by atoms with Crippen LogP contribution in [-0.2, 0) is 14.8 Å². The van der Waals surface area contributed by atoms with E-state index < -0.39 is 10.0 Å². The molecule has 0 saturated carbocycles. The number of hydrogen-bond acceptors (Lipinski definition) is 4. The van der Waals surface area contributed by atoms with Gasteiger partial charge in [0.25, 0.3) is 0 Å². The van der Waals surface area contributed by atoms with E-state index in [2.05, 4.69) is 17.2 Å². The van der Waals surface area contributed by atoms with E-state index in [-0.39, 0.29) is 5.91 Å². The van der Waals surface area contributed by atoms with Crippen molar-refractivity contribution in [2.75, 3.05) is 39.5 Å². The van der Waals surface area contributed by atoms with E-state index >= 15 is 0 Å². The van der Waals surface area contributed by atoms with Crippen LogP contribution in [0.3, 0.4) is 0 Å². The maximum absolute atomic E-state index is 11.1. The first kappa shape index (κ1) is 16.1. The molecule has 0 aromatic rings. The van der Waals surface area contributed by atoms with Crippen LogP contribution in [0.15, 0.2) is 12.2 Å². The smallest absolute Gasteiger partial charge is 0.246 e. The molecule has 0 aliphatic rings. The molecule has 1 amide bonds. The highest BCUT2D eigenvalue weighted by molar-refractivity contribution is 7.88. The van der Waals surface area contributed by atoms with Gasteiger partial charge < -0.3 is 10.6 Å². The summed E-state index contributed by atoms with van der Waals surface area (Å²) in [4.78, 5) is 11.1. The summed E-state index contributed by atoms with van der Waals surface area (Å²) in [6.45, 7) is 7.20. The Morgan fingerprint density at radius 1 is 1.29 bits per heavy atom. The van der Waals surface area contributed by atoms with Crippen LogP contribution < -0.4 is 10.6 Å². The standard InChI is InChI=1S/C10H21N3O3S/c1-9(2)10(14)12-6-5-11-7-8-13(3)17(4,15)16/h11H,1,5-8H2,2-4H3,(H,12,14). The van der Waals surface area contributed by atoms with Crippen LogP contribution in [0, 0.1) is 0 Å². The lowest BCUT2D eigenvalue weighted by Crippen LogP contribution is -2.37. The zero-order chi connectivity index (χ0) is 13.5. The summed E-state index contributed by atoms with van der Waals surface area (Å²) < 4.78 is 23.4. The fourth-order valence-corrected chi connectivity index (χ4v) is 1.37. The maximum Gasteiger partial charge on any atom is 0.246 e. The lowest BCUT2D eigenvalue weighted by Gasteiger charge is -2.14. The molecule has 6 nitrogen and oxygen atoms in total. The Kier molecular flexibility index (Phi) is 7.01. The molecule has 0 rings (SSSR count). The van der Waals surface area contributed by atoms with Gasteiger partial charge >= 0.3 is 0 Å². The molecule has 2 N–H and O–H groups in total. The van der Waals surface area contributed by atoms with Crippen LogP contribution in [0.25, 0.3) is 0 Å². The Morgan fingerprint density at radius 2 is 1.88 bits per heavy atom. The van der Waals surface area contributed by atoms with Gasteiger partial charge in [-0.2, -0.15) is 0 Å². The molecule has 0 aliphatic carbocycles. The molecule has 17 heavy (non-hydrogen) atoms. The third-order valence-electron chi connectivity index (χ3n) is 2.14. The van der Waals surface area contributed by atoms with Gasteiger partial charge in [-0.1, -0.05) is 6.58 Å². The number of amides is 1. The van der Waals surface area contributed by atoms with Crippen molar-refractivity contribution in [3.63, 3.8) is 0 Å². The summed E-state index contributed by atoms with van der Waals surface area (Å²) in [5.41, 5.74) is 0.474. The molecular formula is C10H21N3O3S. The van der Waals surface area contributed by atoms with Crippen LogP contribution in [0.5, 0.6) is 0 Å². The highest BCUT2D eigenvalue weighted by atomic mass is 32.2. The van der Waals surface area contributed by atoms with Crippen molar-refractivity contribution < 1.29 is 13.2 Å². The summed E-state index contributed by atoms with van der Waals surface area (Å²) in [6.07, 6.45) is 1.17. The predicted molar refractivity (Wildman–Crippen MR) is 68.2 cm³/mol. The lowest BCUT2D eigenvalue weighted by atomic mass is 10.3. The van der Waals surface area contributed by atoms with Gasteiger partial charge in [0.05, 0.1) is 6.26 Å². The normalized spacial score (nSPS) is 11.5. The number of nitrogens with zero attached hydrogens (tertiary/aromatic N) is 1. The largest absolute Gasteiger partial charge is 0.351 e. The monoisotopic (exact) mass is 263 g/mol. The van der Waals surface area contributed by atoms with Gasteiger partial charge in [0.1, 0.15) is 0 Å². The Bertz CT molecular complexity index is 365. The zero-order valence-corrected chi connectivity index (χ0v) is 11.4. The van der Waals surface area contributed by atoms with Crippen molar-refractivity contribution in [2.45, 2.75) is 6.92 Å². The first-order valence-electron chi connectivity index (χ1n) is 5.31. The third-order valence-corrected chi connectivity index (χ3v) is 3.46. The van der Waals surface area contributed by atoms with Gasteiger partial charge in [-0.3, -0.25) is 4.79 Å². The molecule has 0 spiro atoms. The Balaban J connectivity index is 3.54. The fourth-order valence-electron chi connectivity index (χ4n) is 0.943. The van der Waals surface area contributed by atoms with Crippen LogP contribution in [-0.4, -0.2) is 58.1 Å². The van der Waals surface area contributed by atoms with E-state index in [1.807, 2.05) is 0 Å². The Morgan fingerprint density at radius 3 is 2.35 bits per heavy atom. The number of nitrogens with one attached hydrogen (secondary N) is 2. The first-order valence-corrected chi connectivity index (χ1v) is 7.15. The summed E-state index contributed by atoms with van der Waals surface area (Å²) >= 11 is 0. The zero-order valence-electron chi connectivity index (χ0n) is 10.6. The van der Waals surface area contributed by atoms with Gasteiger partial charge in [0.15, 0.2) is 0 Å². The molecule has 0 fully saturated rings. The SMILES string of the molecule is C=C(C)C(=O)NCCNCCN(C)S(C)(=O)=O. The van der Waals surface area contributed by atoms with E-state index in [9.17, 15) is 13.2 Å². The minimum atomic E-state index is -3.11. The topological polar surface area (TPSA) is 78.5 Å². The minimum absolute atomic E-state index is 0.167. The number of carbonyl (C=O) groups is 1. The molecule has 0 aliphatic heterocycles. The first-order chi connectivity index (χ1) is 7.75. The molecule has 0 unspecified atom stereocenters. The number of rotatable bonds is 8. The molecule has 0 heterocycles. The molecule has 0 atom stereocenters. The number of hydrogen-bond donors (Lipinski definition) is 2. The van der Waals surface area contributed by atoms with E-state index in [1.54, 1.807) is 6.92 Å². The molecule has 100 valence electrons. The summed E-state index contributed by atoms with van der Waals surface area (Å²) in [5, 5.41) is 5.70. The maximum atomic E-state index is 11.1. The van der Waals surface area contributed by atoms with Crippen molar-refractivity contribution in [3.8, 4) is 0 Å². The van der Waals surface area contributed by atoms with Gasteiger partial charge in [0, 0.05) is 38.8 Å². The van der Waals surface area contributed by atoms with E-state index in [0.717, 1.165) is 0 Å². The van der Waals surface area contributed by atoms with Crippen molar-refractivity contribution in [2.24, 2.45) is 0 Å². The molecular weight excluding hydrogens is 242 g/mol. The average Bonchev–Trinajstić information content (AvgIpc) is 2.20. The number of sulfonamides is 1. The molecule has 0 bridgehead atoms. The van der Waals surface area contributed by atoms with Crippen LogP contribution >= 0.6 is 0 Å². The van der Waals surface area contributed by atoms with Crippen molar-refractivity contribution in [1.82, 2.24) is 14.9 Å². The second kappa shape index (κ2) is 7.41. The molecule has 0 aromatic carbocycles. The third kappa shape index (κ3) is 7.89. The summed E-state index contributed by atoms with van der Waals surface area (Å²) in [6, 6.07) is 0. The summed E-state index contributed by atoms with van der Waals surface area (Å²) in [7, 11) is -1.58. The van der Waals surface area contributed by atoms with Gasteiger partial charge in [-0.15, -0.1) is 0 Å². The average molecular weight is 263 g/mol. The minimum Gasteiger partial charge on any atom is -0.351 e. The van der Waals surface area contributed by atoms with Crippen LogP contribution in [0.1, 0.15) is 6.92 Å². The van der Waals surface area contributed by atoms with Gasteiger partial charge in [-0.05, 0) is 6.92 Å². The Labute approximate surface area is 103 Å². The number of likely N-dealkylation sites (N-methyl/N-ethyl adjacent to an activating group) is 1. The molecule has 0 saturated heterocycles. The fraction of sp³-hybridized carbons (Fsp3) is 0.700. The lowest BCUT2D eigenvalue weighted by molar-refractivity contribution is -0.117. The second-order valence-corrected chi connectivity index (χ2v) is 5.96. The van der Waals surface area contributed by atoms with Crippen molar-refractivity contribution >= 4 is 15.9 Å².